The van der Waals surface area contributed by atoms with Crippen molar-refractivity contribution in [2.24, 2.45) is 0 Å². The number of hydrogen-bond acceptors (Lipinski definition) is 2. The first-order valence-corrected chi connectivity index (χ1v) is 10.6. The third-order valence-corrected chi connectivity index (χ3v) is 5.19. The van der Waals surface area contributed by atoms with E-state index in [9.17, 15) is 18.4 Å². The molecule has 0 bridgehead atoms. The Labute approximate surface area is 186 Å². The predicted molar refractivity (Wildman–Crippen MR) is 120 cm³/mol. The predicted octanol–water partition coefficient (Wildman–Crippen LogP) is 4.28. The number of rotatable bonds is 9. The average Bonchev–Trinajstić information content (AvgIpc) is 2.79. The Morgan fingerprint density at radius 3 is 2.19 bits per heavy atom. The van der Waals surface area contributed by atoms with E-state index in [1.165, 1.54) is 35.2 Å². The quantitative estimate of drug-likeness (QED) is 0.544. The molecule has 0 saturated heterocycles. The summed E-state index contributed by atoms with van der Waals surface area (Å²) in [5.41, 5.74) is 1.82. The van der Waals surface area contributed by atoms with Gasteiger partial charge in [0.1, 0.15) is 17.7 Å². The van der Waals surface area contributed by atoms with Crippen LogP contribution in [0.2, 0.25) is 0 Å². The molecular weight excluding hydrogens is 410 g/mol. The molecule has 0 radical (unpaired) electrons. The number of amides is 2. The van der Waals surface area contributed by atoms with E-state index in [-0.39, 0.29) is 31.2 Å². The van der Waals surface area contributed by atoms with Gasteiger partial charge in [-0.2, -0.15) is 0 Å². The Morgan fingerprint density at radius 2 is 1.53 bits per heavy atom. The van der Waals surface area contributed by atoms with Gasteiger partial charge in [-0.3, -0.25) is 9.59 Å². The van der Waals surface area contributed by atoms with Gasteiger partial charge < -0.3 is 10.2 Å². The largest absolute Gasteiger partial charge is 0.355 e. The zero-order valence-corrected chi connectivity index (χ0v) is 17.9. The second-order valence-electron chi connectivity index (χ2n) is 7.52. The van der Waals surface area contributed by atoms with Crippen molar-refractivity contribution in [1.82, 2.24) is 10.2 Å². The van der Waals surface area contributed by atoms with Crippen LogP contribution in [0.1, 0.15) is 23.6 Å². The lowest BCUT2D eigenvalue weighted by Gasteiger charge is -2.31. The molecule has 0 fully saturated rings. The molecule has 3 rings (SSSR count). The van der Waals surface area contributed by atoms with Crippen LogP contribution < -0.4 is 5.32 Å². The van der Waals surface area contributed by atoms with Crippen LogP contribution in [0, 0.1) is 11.6 Å². The van der Waals surface area contributed by atoms with Crippen LogP contribution >= 0.6 is 0 Å². The minimum Gasteiger partial charge on any atom is -0.355 e. The molecule has 166 valence electrons. The molecule has 6 heteroatoms. The summed E-state index contributed by atoms with van der Waals surface area (Å²) in [5.74, 6) is -1.48. The molecule has 3 aromatic carbocycles. The van der Waals surface area contributed by atoms with E-state index in [0.29, 0.717) is 17.7 Å². The second-order valence-corrected chi connectivity index (χ2v) is 7.52. The van der Waals surface area contributed by atoms with Crippen molar-refractivity contribution in [3.63, 3.8) is 0 Å². The molecule has 0 aromatic heterocycles. The van der Waals surface area contributed by atoms with Gasteiger partial charge in [0.05, 0.1) is 6.42 Å². The van der Waals surface area contributed by atoms with Crippen molar-refractivity contribution in [3.05, 3.63) is 107 Å². The standard InChI is InChI=1S/C26H26F2N2O2/c1-2-29-26(32)24(16-19-8-4-3-5-9-19)30(18-21-10-6-7-11-23(21)28)25(31)17-20-12-14-22(27)15-13-20/h3-15,24H,2,16-18H2,1H3,(H,29,32)/t24-/m0/s1. The van der Waals surface area contributed by atoms with E-state index in [4.69, 9.17) is 0 Å². The zero-order chi connectivity index (χ0) is 22.9. The molecule has 4 nitrogen and oxygen atoms in total. The number of nitrogens with zero attached hydrogens (tertiary/aromatic N) is 1. The van der Waals surface area contributed by atoms with E-state index in [1.54, 1.807) is 25.1 Å². The highest BCUT2D eigenvalue weighted by Gasteiger charge is 2.30. The van der Waals surface area contributed by atoms with Gasteiger partial charge in [0, 0.05) is 25.1 Å². The maximum atomic E-state index is 14.4. The topological polar surface area (TPSA) is 49.4 Å². The smallest absolute Gasteiger partial charge is 0.243 e. The van der Waals surface area contributed by atoms with Crippen LogP contribution in [0.5, 0.6) is 0 Å². The lowest BCUT2D eigenvalue weighted by atomic mass is 10.0. The molecule has 3 aromatic rings. The number of carbonyl (C=O) groups is 2. The Kier molecular flexibility index (Phi) is 8.08. The fourth-order valence-corrected chi connectivity index (χ4v) is 3.53. The van der Waals surface area contributed by atoms with Crippen molar-refractivity contribution < 1.29 is 18.4 Å². The SMILES string of the molecule is CCNC(=O)[C@H](Cc1ccccc1)N(Cc1ccccc1F)C(=O)Cc1ccc(F)cc1. The summed E-state index contributed by atoms with van der Waals surface area (Å²) in [6.07, 6.45) is 0.260. The maximum absolute atomic E-state index is 14.4. The van der Waals surface area contributed by atoms with E-state index in [2.05, 4.69) is 5.32 Å². The van der Waals surface area contributed by atoms with Gasteiger partial charge in [-0.25, -0.2) is 8.78 Å². The molecule has 1 N–H and O–H groups in total. The van der Waals surface area contributed by atoms with E-state index < -0.39 is 17.7 Å². The third kappa shape index (κ3) is 6.23. The van der Waals surface area contributed by atoms with Crippen LogP contribution in [-0.4, -0.2) is 29.3 Å². The Balaban J connectivity index is 1.95. The van der Waals surface area contributed by atoms with Gasteiger partial charge in [-0.05, 0) is 36.2 Å². The van der Waals surface area contributed by atoms with Crippen molar-refractivity contribution in [2.75, 3.05) is 6.54 Å². The lowest BCUT2D eigenvalue weighted by Crippen LogP contribution is -2.51. The summed E-state index contributed by atoms with van der Waals surface area (Å²) in [6.45, 7) is 2.16. The normalized spacial score (nSPS) is 11.6. The third-order valence-electron chi connectivity index (χ3n) is 5.19. The van der Waals surface area contributed by atoms with E-state index in [1.807, 2.05) is 30.3 Å². The highest BCUT2D eigenvalue weighted by atomic mass is 19.1. The molecule has 0 unspecified atom stereocenters. The van der Waals surface area contributed by atoms with Crippen LogP contribution in [0.15, 0.2) is 78.9 Å². The van der Waals surface area contributed by atoms with Crippen molar-refractivity contribution in [2.45, 2.75) is 32.4 Å². The molecule has 0 heterocycles. The summed E-state index contributed by atoms with van der Waals surface area (Å²) in [5, 5.41) is 2.80. The van der Waals surface area contributed by atoms with Gasteiger partial charge in [0.15, 0.2) is 0 Å². The van der Waals surface area contributed by atoms with Crippen LogP contribution in [-0.2, 0) is 29.0 Å². The molecule has 1 atom stereocenters. The van der Waals surface area contributed by atoms with Crippen LogP contribution in [0.25, 0.3) is 0 Å². The molecule has 0 saturated carbocycles. The summed E-state index contributed by atoms with van der Waals surface area (Å²) >= 11 is 0. The van der Waals surface area contributed by atoms with Crippen molar-refractivity contribution >= 4 is 11.8 Å². The molecule has 2 amide bonds. The molecular formula is C26H26F2N2O2. The molecule has 32 heavy (non-hydrogen) atoms. The van der Waals surface area contributed by atoms with Crippen molar-refractivity contribution in [3.8, 4) is 0 Å². The van der Waals surface area contributed by atoms with Gasteiger partial charge in [-0.15, -0.1) is 0 Å². The Hall–Kier alpha value is -3.54. The fourth-order valence-electron chi connectivity index (χ4n) is 3.53. The Bertz CT molecular complexity index is 1040. The van der Waals surface area contributed by atoms with E-state index in [0.717, 1.165) is 5.56 Å². The highest BCUT2D eigenvalue weighted by molar-refractivity contribution is 5.88. The molecule has 0 aliphatic heterocycles. The zero-order valence-electron chi connectivity index (χ0n) is 17.9. The van der Waals surface area contributed by atoms with Gasteiger partial charge in [-0.1, -0.05) is 60.7 Å². The first kappa shape index (κ1) is 23.1. The summed E-state index contributed by atoms with van der Waals surface area (Å²) in [4.78, 5) is 27.8. The lowest BCUT2D eigenvalue weighted by molar-refractivity contribution is -0.140. The summed E-state index contributed by atoms with van der Waals surface area (Å²) in [6, 6.07) is 20.4. The minimum atomic E-state index is -0.829. The number of carbonyl (C=O) groups excluding carboxylic acids is 2. The number of likely N-dealkylation sites (N-methyl/N-ethyl adjacent to an activating group) is 1. The van der Waals surface area contributed by atoms with Crippen molar-refractivity contribution in [1.29, 1.82) is 0 Å². The minimum absolute atomic E-state index is 0.0283. The van der Waals surface area contributed by atoms with Crippen LogP contribution in [0.3, 0.4) is 0 Å². The molecule has 0 aliphatic carbocycles. The van der Waals surface area contributed by atoms with Gasteiger partial charge in [0.2, 0.25) is 11.8 Å². The van der Waals surface area contributed by atoms with Crippen LogP contribution in [0.4, 0.5) is 8.78 Å². The Morgan fingerprint density at radius 1 is 0.875 bits per heavy atom. The first-order valence-electron chi connectivity index (χ1n) is 10.6. The number of benzene rings is 3. The monoisotopic (exact) mass is 436 g/mol. The summed E-state index contributed by atoms with van der Waals surface area (Å²) in [7, 11) is 0. The molecule has 0 aliphatic rings. The molecule has 0 spiro atoms. The number of nitrogens with one attached hydrogen (secondary N) is 1. The van der Waals surface area contributed by atoms with Gasteiger partial charge in [0.25, 0.3) is 0 Å². The average molecular weight is 437 g/mol. The maximum Gasteiger partial charge on any atom is 0.243 e. The van der Waals surface area contributed by atoms with Gasteiger partial charge >= 0.3 is 0 Å². The second kappa shape index (κ2) is 11.2. The number of halogens is 2. The summed E-state index contributed by atoms with van der Waals surface area (Å²) < 4.78 is 27.7. The first-order chi connectivity index (χ1) is 15.5. The highest BCUT2D eigenvalue weighted by Crippen LogP contribution is 2.18. The number of hydrogen-bond donors (Lipinski definition) is 1. The fraction of sp³-hybridized carbons (Fsp3) is 0.231. The van der Waals surface area contributed by atoms with E-state index >= 15 is 0 Å².